The van der Waals surface area contributed by atoms with E-state index < -0.39 is 0 Å². The van der Waals surface area contributed by atoms with Crippen LogP contribution in [0.25, 0.3) is 0 Å². The molecule has 0 unspecified atom stereocenters. The van der Waals surface area contributed by atoms with E-state index in [2.05, 4.69) is 20.4 Å². The Morgan fingerprint density at radius 1 is 1.22 bits per heavy atom. The fraction of sp³-hybridized carbons (Fsp3) is 0.353. The van der Waals surface area contributed by atoms with Crippen molar-refractivity contribution in [2.24, 2.45) is 0 Å². The van der Waals surface area contributed by atoms with Gasteiger partial charge in [-0.05, 0) is 49.1 Å². The van der Waals surface area contributed by atoms with E-state index in [1.807, 2.05) is 6.07 Å². The summed E-state index contributed by atoms with van der Waals surface area (Å²) in [6, 6.07) is 8.41. The van der Waals surface area contributed by atoms with E-state index in [9.17, 15) is 9.18 Å². The Kier molecular flexibility index (Phi) is 4.50. The van der Waals surface area contributed by atoms with Crippen molar-refractivity contribution in [1.82, 2.24) is 15.5 Å². The molecule has 1 fully saturated rings. The van der Waals surface area contributed by atoms with E-state index in [1.54, 1.807) is 25.1 Å². The van der Waals surface area contributed by atoms with Crippen molar-refractivity contribution in [2.45, 2.75) is 26.3 Å². The van der Waals surface area contributed by atoms with Gasteiger partial charge in [-0.15, -0.1) is 10.2 Å². The van der Waals surface area contributed by atoms with E-state index in [0.717, 1.165) is 31.7 Å². The lowest BCUT2D eigenvalue weighted by Crippen LogP contribution is -2.25. The number of anilines is 1. The van der Waals surface area contributed by atoms with Gasteiger partial charge in [0, 0.05) is 19.6 Å². The van der Waals surface area contributed by atoms with Gasteiger partial charge in [-0.1, -0.05) is 12.1 Å². The van der Waals surface area contributed by atoms with Crippen LogP contribution in [0.1, 0.15) is 34.5 Å². The molecule has 1 saturated heterocycles. The second-order valence-corrected chi connectivity index (χ2v) is 5.74. The second kappa shape index (κ2) is 6.73. The summed E-state index contributed by atoms with van der Waals surface area (Å²) >= 11 is 0. The van der Waals surface area contributed by atoms with Gasteiger partial charge in [0.1, 0.15) is 5.82 Å². The van der Waals surface area contributed by atoms with Crippen LogP contribution >= 0.6 is 0 Å². The summed E-state index contributed by atoms with van der Waals surface area (Å²) in [4.78, 5) is 14.2. The van der Waals surface area contributed by atoms with E-state index >= 15 is 0 Å². The van der Waals surface area contributed by atoms with Crippen LogP contribution in [-0.4, -0.2) is 29.2 Å². The summed E-state index contributed by atoms with van der Waals surface area (Å²) in [6.07, 6.45) is 2.33. The summed E-state index contributed by atoms with van der Waals surface area (Å²) < 4.78 is 13.5. The van der Waals surface area contributed by atoms with Crippen molar-refractivity contribution in [2.75, 3.05) is 18.0 Å². The van der Waals surface area contributed by atoms with Gasteiger partial charge in [-0.25, -0.2) is 4.39 Å². The predicted molar refractivity (Wildman–Crippen MR) is 85.8 cm³/mol. The van der Waals surface area contributed by atoms with E-state index in [1.165, 1.54) is 6.07 Å². The predicted octanol–water partition coefficient (Wildman–Crippen LogP) is 2.45. The number of aryl methyl sites for hydroxylation is 1. The standard InChI is InChI=1S/C17H19FN4O/c1-12-4-5-13(10-14(12)18)11-19-17(23)15-6-7-16(21-20-15)22-8-2-3-9-22/h4-7,10H,2-3,8-9,11H2,1H3,(H,19,23). The van der Waals surface area contributed by atoms with Crippen molar-refractivity contribution >= 4 is 11.7 Å². The normalized spacial score (nSPS) is 14.1. The Bertz CT molecular complexity index is 696. The molecule has 2 heterocycles. The highest BCUT2D eigenvalue weighted by Crippen LogP contribution is 2.16. The minimum atomic E-state index is -0.313. The van der Waals surface area contributed by atoms with Crippen LogP contribution in [0.3, 0.4) is 0 Å². The fourth-order valence-corrected chi connectivity index (χ4v) is 2.58. The molecular formula is C17H19FN4O. The average molecular weight is 314 g/mol. The molecule has 0 bridgehead atoms. The number of hydrogen-bond acceptors (Lipinski definition) is 4. The van der Waals surface area contributed by atoms with Crippen LogP contribution in [0.4, 0.5) is 10.2 Å². The molecule has 1 aliphatic rings. The zero-order valence-electron chi connectivity index (χ0n) is 13.1. The van der Waals surface area contributed by atoms with Gasteiger partial charge in [-0.2, -0.15) is 0 Å². The number of nitrogens with one attached hydrogen (secondary N) is 1. The van der Waals surface area contributed by atoms with Gasteiger partial charge < -0.3 is 10.2 Å². The first-order chi connectivity index (χ1) is 11.1. The van der Waals surface area contributed by atoms with Gasteiger partial charge in [-0.3, -0.25) is 4.79 Å². The largest absolute Gasteiger partial charge is 0.355 e. The molecule has 0 spiro atoms. The molecule has 23 heavy (non-hydrogen) atoms. The molecule has 0 aliphatic carbocycles. The molecule has 0 atom stereocenters. The number of nitrogens with zero attached hydrogens (tertiary/aromatic N) is 3. The number of amides is 1. The van der Waals surface area contributed by atoms with Gasteiger partial charge in [0.2, 0.25) is 0 Å². The molecule has 5 nitrogen and oxygen atoms in total. The molecule has 120 valence electrons. The number of hydrogen-bond donors (Lipinski definition) is 1. The first-order valence-electron chi connectivity index (χ1n) is 7.75. The van der Waals surface area contributed by atoms with Crippen LogP contribution in [0.2, 0.25) is 0 Å². The summed E-state index contributed by atoms with van der Waals surface area (Å²) in [5.41, 5.74) is 1.56. The third kappa shape index (κ3) is 3.64. The van der Waals surface area contributed by atoms with E-state index in [-0.39, 0.29) is 24.0 Å². The lowest BCUT2D eigenvalue weighted by atomic mass is 10.1. The maximum absolute atomic E-state index is 13.5. The minimum absolute atomic E-state index is 0.256. The monoisotopic (exact) mass is 314 g/mol. The molecule has 1 amide bonds. The molecule has 6 heteroatoms. The molecule has 1 aromatic carbocycles. The summed E-state index contributed by atoms with van der Waals surface area (Å²) in [6.45, 7) is 3.93. The highest BCUT2D eigenvalue weighted by Gasteiger charge is 2.15. The van der Waals surface area contributed by atoms with Crippen LogP contribution in [0.5, 0.6) is 0 Å². The maximum Gasteiger partial charge on any atom is 0.272 e. The Balaban J connectivity index is 1.60. The number of benzene rings is 1. The Hall–Kier alpha value is -2.50. The molecule has 1 aliphatic heterocycles. The third-order valence-corrected chi connectivity index (χ3v) is 4.00. The SMILES string of the molecule is Cc1ccc(CNC(=O)c2ccc(N3CCCC3)nn2)cc1F. The number of carbonyl (C=O) groups excluding carboxylic acids is 1. The van der Waals surface area contributed by atoms with Crippen molar-refractivity contribution in [3.05, 3.63) is 53.0 Å². The molecule has 2 aromatic rings. The molecule has 0 radical (unpaired) electrons. The molecule has 0 saturated carbocycles. The summed E-state index contributed by atoms with van der Waals surface area (Å²) in [7, 11) is 0. The van der Waals surface area contributed by atoms with Gasteiger partial charge in [0.25, 0.3) is 5.91 Å². The Labute approximate surface area is 134 Å². The summed E-state index contributed by atoms with van der Waals surface area (Å²) in [5.74, 6) is 0.220. The Morgan fingerprint density at radius 3 is 2.65 bits per heavy atom. The average Bonchev–Trinajstić information content (AvgIpc) is 3.10. The Morgan fingerprint density at radius 2 is 2.00 bits per heavy atom. The highest BCUT2D eigenvalue weighted by molar-refractivity contribution is 5.92. The molecular weight excluding hydrogens is 295 g/mol. The highest BCUT2D eigenvalue weighted by atomic mass is 19.1. The van der Waals surface area contributed by atoms with Crippen molar-refractivity contribution in [3.8, 4) is 0 Å². The summed E-state index contributed by atoms with van der Waals surface area (Å²) in [5, 5.41) is 10.8. The fourth-order valence-electron chi connectivity index (χ4n) is 2.58. The first kappa shape index (κ1) is 15.4. The lowest BCUT2D eigenvalue weighted by molar-refractivity contribution is 0.0945. The van der Waals surface area contributed by atoms with Crippen LogP contribution in [-0.2, 0) is 6.54 Å². The quantitative estimate of drug-likeness (QED) is 0.942. The zero-order valence-corrected chi connectivity index (χ0v) is 13.1. The smallest absolute Gasteiger partial charge is 0.272 e. The molecule has 1 aromatic heterocycles. The maximum atomic E-state index is 13.5. The zero-order chi connectivity index (χ0) is 16.2. The molecule has 3 rings (SSSR count). The third-order valence-electron chi connectivity index (χ3n) is 4.00. The van der Waals surface area contributed by atoms with Crippen molar-refractivity contribution in [3.63, 3.8) is 0 Å². The minimum Gasteiger partial charge on any atom is -0.355 e. The lowest BCUT2D eigenvalue weighted by Gasteiger charge is -2.15. The second-order valence-electron chi connectivity index (χ2n) is 5.74. The van der Waals surface area contributed by atoms with Crippen molar-refractivity contribution < 1.29 is 9.18 Å². The van der Waals surface area contributed by atoms with Gasteiger partial charge >= 0.3 is 0 Å². The number of rotatable bonds is 4. The number of halogens is 1. The first-order valence-corrected chi connectivity index (χ1v) is 7.75. The van der Waals surface area contributed by atoms with Crippen LogP contribution < -0.4 is 10.2 Å². The number of aromatic nitrogens is 2. The van der Waals surface area contributed by atoms with E-state index in [0.29, 0.717) is 11.1 Å². The van der Waals surface area contributed by atoms with Crippen LogP contribution in [0, 0.1) is 12.7 Å². The topological polar surface area (TPSA) is 58.1 Å². The van der Waals surface area contributed by atoms with Crippen LogP contribution in [0.15, 0.2) is 30.3 Å². The molecule has 1 N–H and O–H groups in total. The van der Waals surface area contributed by atoms with Gasteiger partial charge in [0.15, 0.2) is 11.5 Å². The van der Waals surface area contributed by atoms with E-state index in [4.69, 9.17) is 0 Å². The number of carbonyl (C=O) groups is 1. The van der Waals surface area contributed by atoms with Gasteiger partial charge in [0.05, 0.1) is 0 Å². The van der Waals surface area contributed by atoms with Crippen molar-refractivity contribution in [1.29, 1.82) is 0 Å².